The maximum absolute atomic E-state index is 12.9. The van der Waals surface area contributed by atoms with Crippen molar-refractivity contribution < 1.29 is 27.9 Å². The Bertz CT molecular complexity index is 1110. The van der Waals surface area contributed by atoms with Gasteiger partial charge in [-0.25, -0.2) is 0 Å². The van der Waals surface area contributed by atoms with Gasteiger partial charge in [-0.2, -0.15) is 13.2 Å². The third kappa shape index (κ3) is 6.69. The summed E-state index contributed by atoms with van der Waals surface area (Å²) in [4.78, 5) is 30.6. The number of nitrogens with one attached hydrogen (secondary N) is 1. The Kier molecular flexibility index (Phi) is 8.21. The number of aromatic nitrogens is 1. The minimum absolute atomic E-state index is 0.00962. The summed E-state index contributed by atoms with van der Waals surface area (Å²) in [6.07, 6.45) is 1.04. The van der Waals surface area contributed by atoms with E-state index in [-0.39, 0.29) is 30.2 Å². The molecule has 1 saturated carbocycles. The van der Waals surface area contributed by atoms with E-state index in [2.05, 4.69) is 29.0 Å². The average Bonchev–Trinajstić information content (AvgIpc) is 3.20. The number of pyridine rings is 1. The summed E-state index contributed by atoms with van der Waals surface area (Å²) < 4.78 is 38.8. The number of fused-ring (bicyclic) bond motifs is 1. The molecule has 200 valence electrons. The van der Waals surface area contributed by atoms with Gasteiger partial charge < -0.3 is 10.4 Å². The molecule has 0 bridgehead atoms. The van der Waals surface area contributed by atoms with Crippen LogP contribution in [0.15, 0.2) is 36.5 Å². The molecule has 2 aromatic rings. The Labute approximate surface area is 215 Å². The van der Waals surface area contributed by atoms with Crippen molar-refractivity contribution >= 4 is 11.9 Å². The second-order valence-corrected chi connectivity index (χ2v) is 10.8. The van der Waals surface area contributed by atoms with E-state index >= 15 is 0 Å². The van der Waals surface area contributed by atoms with Gasteiger partial charge in [-0.15, -0.1) is 0 Å². The quantitative estimate of drug-likeness (QED) is 0.461. The molecule has 1 amide bonds. The van der Waals surface area contributed by atoms with Gasteiger partial charge in [0.25, 0.3) is 5.91 Å². The molecular weight excluding hydrogens is 483 g/mol. The van der Waals surface area contributed by atoms with Crippen LogP contribution in [0, 0.1) is 17.8 Å². The third-order valence-electron chi connectivity index (χ3n) is 7.59. The van der Waals surface area contributed by atoms with Crippen molar-refractivity contribution in [3.05, 3.63) is 64.5 Å². The monoisotopic (exact) mass is 517 g/mol. The van der Waals surface area contributed by atoms with Crippen molar-refractivity contribution in [2.75, 3.05) is 6.54 Å². The zero-order chi connectivity index (χ0) is 26.7. The lowest BCUT2D eigenvalue weighted by molar-refractivity contribution is -0.139. The third-order valence-corrected chi connectivity index (χ3v) is 7.59. The van der Waals surface area contributed by atoms with E-state index in [1.165, 1.54) is 12.1 Å². The van der Waals surface area contributed by atoms with Gasteiger partial charge in [0, 0.05) is 32.3 Å². The molecule has 1 aromatic heterocycles. The minimum Gasteiger partial charge on any atom is -0.481 e. The lowest BCUT2D eigenvalue weighted by Gasteiger charge is -2.27. The molecule has 2 N–H and O–H groups in total. The molecule has 4 rings (SSSR count). The van der Waals surface area contributed by atoms with Gasteiger partial charge in [-0.3, -0.25) is 19.5 Å². The lowest BCUT2D eigenvalue weighted by atomic mass is 9.80. The number of hydrogen-bond acceptors (Lipinski definition) is 4. The molecule has 1 fully saturated rings. The number of carboxylic acids is 1. The number of aliphatic carboxylic acids is 1. The summed E-state index contributed by atoms with van der Waals surface area (Å²) >= 11 is 0. The Morgan fingerprint density at radius 1 is 1.11 bits per heavy atom. The van der Waals surface area contributed by atoms with Crippen molar-refractivity contribution in [2.45, 2.75) is 71.3 Å². The fourth-order valence-corrected chi connectivity index (χ4v) is 5.68. The number of carbonyl (C=O) groups excluding carboxylic acids is 1. The largest absolute Gasteiger partial charge is 0.481 e. The summed E-state index contributed by atoms with van der Waals surface area (Å²) in [7, 11) is 0. The van der Waals surface area contributed by atoms with E-state index < -0.39 is 17.7 Å². The number of rotatable bonds is 8. The second-order valence-electron chi connectivity index (χ2n) is 10.8. The molecule has 1 atom stereocenters. The zero-order valence-electron chi connectivity index (χ0n) is 21.2. The van der Waals surface area contributed by atoms with Crippen LogP contribution in [0.2, 0.25) is 0 Å². The number of amides is 1. The number of carbonyl (C=O) groups is 2. The van der Waals surface area contributed by atoms with Crippen LogP contribution in [-0.2, 0) is 24.1 Å². The molecule has 37 heavy (non-hydrogen) atoms. The molecule has 0 radical (unpaired) electrons. The van der Waals surface area contributed by atoms with Crippen molar-refractivity contribution in [3.63, 3.8) is 0 Å². The number of hydrogen-bond donors (Lipinski definition) is 2. The van der Waals surface area contributed by atoms with Crippen molar-refractivity contribution in [1.29, 1.82) is 0 Å². The van der Waals surface area contributed by atoms with Crippen LogP contribution in [0.5, 0.6) is 0 Å². The average molecular weight is 518 g/mol. The molecule has 2 aliphatic rings. The van der Waals surface area contributed by atoms with Crippen LogP contribution >= 0.6 is 0 Å². The van der Waals surface area contributed by atoms with Gasteiger partial charge in [-0.1, -0.05) is 26.0 Å². The van der Waals surface area contributed by atoms with Gasteiger partial charge in [0.1, 0.15) is 0 Å². The van der Waals surface area contributed by atoms with Crippen LogP contribution in [0.4, 0.5) is 13.2 Å². The first kappa shape index (κ1) is 27.1. The normalized spacial score (nSPS) is 22.2. The van der Waals surface area contributed by atoms with Crippen LogP contribution < -0.4 is 5.32 Å². The maximum atomic E-state index is 12.9. The molecular formula is C28H34F3N3O3. The highest BCUT2D eigenvalue weighted by Gasteiger charge is 2.35. The molecule has 0 unspecified atom stereocenters. The highest BCUT2D eigenvalue weighted by Crippen LogP contribution is 2.39. The predicted molar refractivity (Wildman–Crippen MR) is 133 cm³/mol. The zero-order valence-corrected chi connectivity index (χ0v) is 21.2. The molecule has 1 aromatic carbocycles. The van der Waals surface area contributed by atoms with Gasteiger partial charge in [-0.05, 0) is 72.8 Å². The van der Waals surface area contributed by atoms with E-state index in [4.69, 9.17) is 5.11 Å². The first-order chi connectivity index (χ1) is 17.5. The molecule has 6 nitrogen and oxygen atoms in total. The SMILES string of the molecule is CC(C)[C@H]1c2ncc(C(=O)NCC3CCC(CC(=O)O)CC3)cc2CN1Cc1ccc(C(F)(F)F)cc1. The van der Waals surface area contributed by atoms with E-state index in [1.54, 1.807) is 6.20 Å². The number of nitrogens with zero attached hydrogens (tertiary/aromatic N) is 2. The first-order valence-corrected chi connectivity index (χ1v) is 12.9. The van der Waals surface area contributed by atoms with Gasteiger partial charge in [0.05, 0.1) is 22.9 Å². The molecule has 1 aliphatic carbocycles. The van der Waals surface area contributed by atoms with Crippen molar-refractivity contribution in [3.8, 4) is 0 Å². The van der Waals surface area contributed by atoms with E-state index in [0.29, 0.717) is 31.1 Å². The second kappa shape index (κ2) is 11.2. The minimum atomic E-state index is -4.36. The highest BCUT2D eigenvalue weighted by molar-refractivity contribution is 5.94. The number of halogens is 3. The topological polar surface area (TPSA) is 82.5 Å². The molecule has 9 heteroatoms. The van der Waals surface area contributed by atoms with Gasteiger partial charge >= 0.3 is 12.1 Å². The smallest absolute Gasteiger partial charge is 0.416 e. The maximum Gasteiger partial charge on any atom is 0.416 e. The van der Waals surface area contributed by atoms with Gasteiger partial charge in [0.15, 0.2) is 0 Å². The predicted octanol–water partition coefficient (Wildman–Crippen LogP) is 5.82. The Morgan fingerprint density at radius 2 is 1.76 bits per heavy atom. The molecule has 0 spiro atoms. The summed E-state index contributed by atoms with van der Waals surface area (Å²) in [6, 6.07) is 7.15. The van der Waals surface area contributed by atoms with Crippen LogP contribution in [0.3, 0.4) is 0 Å². The molecule has 0 saturated heterocycles. The molecule has 1 aliphatic heterocycles. The van der Waals surface area contributed by atoms with Crippen LogP contribution in [0.25, 0.3) is 0 Å². The summed E-state index contributed by atoms with van der Waals surface area (Å²) in [6.45, 7) is 5.80. The van der Waals surface area contributed by atoms with E-state index in [0.717, 1.165) is 54.6 Å². The van der Waals surface area contributed by atoms with Gasteiger partial charge in [0.2, 0.25) is 0 Å². The van der Waals surface area contributed by atoms with E-state index in [1.807, 2.05) is 6.07 Å². The van der Waals surface area contributed by atoms with Crippen molar-refractivity contribution in [1.82, 2.24) is 15.2 Å². The summed E-state index contributed by atoms with van der Waals surface area (Å²) in [5.41, 5.74) is 2.51. The number of benzene rings is 1. The lowest BCUT2D eigenvalue weighted by Crippen LogP contribution is -2.31. The Balaban J connectivity index is 1.37. The Hall–Kier alpha value is -2.94. The first-order valence-electron chi connectivity index (χ1n) is 12.9. The Morgan fingerprint density at radius 3 is 2.35 bits per heavy atom. The number of alkyl halides is 3. The molecule has 2 heterocycles. The van der Waals surface area contributed by atoms with Crippen LogP contribution in [0.1, 0.15) is 84.7 Å². The summed E-state index contributed by atoms with van der Waals surface area (Å²) in [5, 5.41) is 12.0. The standard InChI is InChI=1S/C28H34F3N3O3/c1-17(2)26-25-22(16-34(26)15-20-7-9-23(10-8-20)28(29,30)31)12-21(14-32-25)27(37)33-13-19-5-3-18(4-6-19)11-24(35)36/h7-10,12,14,17-19,26H,3-6,11,13,15-16H2,1-2H3,(H,33,37)(H,35,36)/t18?,19?,26-/m0/s1. The summed E-state index contributed by atoms with van der Waals surface area (Å²) in [5.74, 6) is -0.117. The highest BCUT2D eigenvalue weighted by atomic mass is 19.4. The fraction of sp³-hybridized carbons (Fsp3) is 0.536. The number of carboxylic acid groups (broad SMARTS) is 1. The van der Waals surface area contributed by atoms with E-state index in [9.17, 15) is 22.8 Å². The van der Waals surface area contributed by atoms with Crippen molar-refractivity contribution in [2.24, 2.45) is 17.8 Å². The fourth-order valence-electron chi connectivity index (χ4n) is 5.68. The van der Waals surface area contributed by atoms with Crippen LogP contribution in [-0.4, -0.2) is 33.4 Å².